The van der Waals surface area contributed by atoms with Gasteiger partial charge in [-0.1, -0.05) is 15.9 Å². The molecule has 1 aliphatic heterocycles. The van der Waals surface area contributed by atoms with E-state index in [1.54, 1.807) is 51.2 Å². The molecule has 3 heterocycles. The number of amides is 2. The number of benzene rings is 1. The minimum Gasteiger partial charge on any atom is -0.443 e. The lowest BCUT2D eigenvalue weighted by molar-refractivity contribution is -0.122. The van der Waals surface area contributed by atoms with Crippen molar-refractivity contribution in [2.24, 2.45) is 0 Å². The molecule has 0 bridgehead atoms. The van der Waals surface area contributed by atoms with Crippen LogP contribution in [-0.2, 0) is 9.53 Å². The Morgan fingerprint density at radius 2 is 1.94 bits per heavy atom. The van der Waals surface area contributed by atoms with Gasteiger partial charge in [-0.25, -0.2) is 19.7 Å². The molecule has 3 aromatic rings. The topological polar surface area (TPSA) is 138 Å². The molecule has 1 aliphatic rings. The fourth-order valence-corrected chi connectivity index (χ4v) is 4.44. The van der Waals surface area contributed by atoms with Crippen LogP contribution < -0.4 is 21.3 Å². The number of ether oxygens (including phenoxy) is 1. The standard InChI is InChI=1S/C23H28BrN7O3/c1-22(2,3)34-21(33)31(19-15-6-9-27-18(15)28-13-29-19)23(7-10-26-11-8-23)20(32)30-17-12-14(24)4-5-16(17)25/h4-6,9,12-13,26H,7-8,10-11,25H2,1-3H3,(H,30,32)(H,27,28,29). The number of aromatic nitrogens is 3. The minimum absolute atomic E-state index is 0.305. The van der Waals surface area contributed by atoms with Crippen molar-refractivity contribution in [2.45, 2.75) is 44.8 Å². The first-order valence-corrected chi connectivity index (χ1v) is 11.8. The van der Waals surface area contributed by atoms with Gasteiger partial charge in [0.05, 0.1) is 16.8 Å². The van der Waals surface area contributed by atoms with Crippen LogP contribution in [-0.4, -0.2) is 51.2 Å². The lowest BCUT2D eigenvalue weighted by Crippen LogP contribution is -2.64. The van der Waals surface area contributed by atoms with Crippen molar-refractivity contribution < 1.29 is 14.3 Å². The number of carbonyl (C=O) groups excluding carboxylic acids is 2. The lowest BCUT2D eigenvalue weighted by Gasteiger charge is -2.44. The highest BCUT2D eigenvalue weighted by atomic mass is 79.9. The summed E-state index contributed by atoms with van der Waals surface area (Å²) in [6.45, 7) is 6.41. The van der Waals surface area contributed by atoms with Gasteiger partial charge in [0.2, 0.25) is 0 Å². The summed E-state index contributed by atoms with van der Waals surface area (Å²) in [6.07, 6.45) is 3.12. The van der Waals surface area contributed by atoms with E-state index >= 15 is 0 Å². The van der Waals surface area contributed by atoms with Crippen molar-refractivity contribution in [3.63, 3.8) is 0 Å². The fourth-order valence-electron chi connectivity index (χ4n) is 4.08. The molecule has 1 aromatic carbocycles. The van der Waals surface area contributed by atoms with Crippen LogP contribution in [0.2, 0.25) is 0 Å². The molecule has 4 rings (SSSR count). The van der Waals surface area contributed by atoms with E-state index in [0.29, 0.717) is 54.2 Å². The van der Waals surface area contributed by atoms with Crippen LogP contribution in [0.15, 0.2) is 41.3 Å². The Labute approximate surface area is 205 Å². The lowest BCUT2D eigenvalue weighted by atomic mass is 9.85. The van der Waals surface area contributed by atoms with E-state index in [9.17, 15) is 9.59 Å². The minimum atomic E-state index is -1.28. The zero-order chi connectivity index (χ0) is 24.5. The van der Waals surface area contributed by atoms with Gasteiger partial charge in [0.15, 0.2) is 5.82 Å². The van der Waals surface area contributed by atoms with Gasteiger partial charge in [0, 0.05) is 10.7 Å². The van der Waals surface area contributed by atoms with Gasteiger partial charge < -0.3 is 26.1 Å². The van der Waals surface area contributed by atoms with Crippen molar-refractivity contribution in [2.75, 3.05) is 29.0 Å². The molecule has 0 spiro atoms. The van der Waals surface area contributed by atoms with Gasteiger partial charge in [0.25, 0.3) is 5.91 Å². The summed E-state index contributed by atoms with van der Waals surface area (Å²) in [5.41, 5.74) is 5.49. The second kappa shape index (κ2) is 9.22. The molecule has 0 atom stereocenters. The molecule has 0 radical (unpaired) electrons. The number of hydrogen-bond acceptors (Lipinski definition) is 7. The number of nitrogen functional groups attached to an aromatic ring is 1. The molecule has 2 amide bonds. The molecule has 180 valence electrons. The number of anilines is 3. The number of aromatic amines is 1. The SMILES string of the molecule is CC(C)(C)OC(=O)N(c1ncnc2[nH]ccc12)C1(C(=O)Nc2cc(Br)ccc2N)CCNCC1. The number of nitrogens with two attached hydrogens (primary N) is 1. The Balaban J connectivity index is 1.85. The number of carbonyl (C=O) groups is 2. The van der Waals surface area contributed by atoms with E-state index in [1.165, 1.54) is 11.2 Å². The van der Waals surface area contributed by atoms with Gasteiger partial charge in [-0.2, -0.15) is 0 Å². The van der Waals surface area contributed by atoms with Crippen molar-refractivity contribution in [3.8, 4) is 0 Å². The maximum atomic E-state index is 14.0. The second-order valence-corrected chi connectivity index (χ2v) is 10.1. The molecule has 34 heavy (non-hydrogen) atoms. The molecule has 10 nitrogen and oxygen atoms in total. The highest BCUT2D eigenvalue weighted by molar-refractivity contribution is 9.10. The van der Waals surface area contributed by atoms with E-state index in [4.69, 9.17) is 10.5 Å². The van der Waals surface area contributed by atoms with Gasteiger partial charge in [-0.15, -0.1) is 0 Å². The number of fused-ring (bicyclic) bond motifs is 1. The third kappa shape index (κ3) is 4.71. The van der Waals surface area contributed by atoms with E-state index in [-0.39, 0.29) is 5.91 Å². The number of nitrogens with zero attached hydrogens (tertiary/aromatic N) is 3. The molecule has 0 unspecified atom stereocenters. The van der Waals surface area contributed by atoms with E-state index in [1.807, 2.05) is 0 Å². The van der Waals surface area contributed by atoms with Crippen LogP contribution in [0.3, 0.4) is 0 Å². The first-order chi connectivity index (χ1) is 16.1. The Morgan fingerprint density at radius 1 is 1.21 bits per heavy atom. The Morgan fingerprint density at radius 3 is 2.65 bits per heavy atom. The molecule has 5 N–H and O–H groups in total. The highest BCUT2D eigenvalue weighted by Gasteiger charge is 2.50. The smallest absolute Gasteiger partial charge is 0.417 e. The summed E-state index contributed by atoms with van der Waals surface area (Å²) < 4.78 is 6.55. The van der Waals surface area contributed by atoms with E-state index in [2.05, 4.69) is 41.5 Å². The molecule has 2 aromatic heterocycles. The number of H-pyrrole nitrogens is 1. The predicted molar refractivity (Wildman–Crippen MR) is 135 cm³/mol. The largest absolute Gasteiger partial charge is 0.443 e. The molecular weight excluding hydrogens is 502 g/mol. The molecule has 0 aliphatic carbocycles. The Bertz CT molecular complexity index is 1210. The number of halogens is 1. The number of hydrogen-bond donors (Lipinski definition) is 4. The fraction of sp³-hybridized carbons (Fsp3) is 0.391. The molecular formula is C23H28BrN7O3. The van der Waals surface area contributed by atoms with Gasteiger partial charge in [0.1, 0.15) is 23.1 Å². The zero-order valence-corrected chi connectivity index (χ0v) is 20.9. The Hall–Kier alpha value is -3.18. The highest BCUT2D eigenvalue weighted by Crippen LogP contribution is 2.37. The van der Waals surface area contributed by atoms with Crippen LogP contribution >= 0.6 is 15.9 Å². The molecule has 1 fully saturated rings. The molecule has 11 heteroatoms. The van der Waals surface area contributed by atoms with Crippen molar-refractivity contribution >= 4 is 56.2 Å². The maximum absolute atomic E-state index is 14.0. The number of piperidine rings is 1. The summed E-state index contributed by atoms with van der Waals surface area (Å²) in [5, 5.41) is 6.84. The number of rotatable bonds is 4. The van der Waals surface area contributed by atoms with Crippen molar-refractivity contribution in [3.05, 3.63) is 41.3 Å². The first kappa shape index (κ1) is 24.0. The summed E-state index contributed by atoms with van der Waals surface area (Å²) >= 11 is 3.42. The maximum Gasteiger partial charge on any atom is 0.417 e. The zero-order valence-electron chi connectivity index (χ0n) is 19.3. The van der Waals surface area contributed by atoms with Crippen LogP contribution in [0, 0.1) is 0 Å². The van der Waals surface area contributed by atoms with E-state index < -0.39 is 17.2 Å². The summed E-state index contributed by atoms with van der Waals surface area (Å²) in [6, 6.07) is 7.01. The summed E-state index contributed by atoms with van der Waals surface area (Å²) in [4.78, 5) is 40.8. The molecule has 1 saturated heterocycles. The third-order valence-electron chi connectivity index (χ3n) is 5.67. The predicted octanol–water partition coefficient (Wildman–Crippen LogP) is 3.81. The average Bonchev–Trinajstić information content (AvgIpc) is 3.25. The van der Waals surface area contributed by atoms with E-state index in [0.717, 1.165) is 4.47 Å². The first-order valence-electron chi connectivity index (χ1n) is 11.0. The summed E-state index contributed by atoms with van der Waals surface area (Å²) in [7, 11) is 0. The second-order valence-electron chi connectivity index (χ2n) is 9.22. The monoisotopic (exact) mass is 529 g/mol. The van der Waals surface area contributed by atoms with Crippen LogP contribution in [0.1, 0.15) is 33.6 Å². The Kier molecular flexibility index (Phi) is 6.50. The van der Waals surface area contributed by atoms with Crippen LogP contribution in [0.4, 0.5) is 22.0 Å². The summed E-state index contributed by atoms with van der Waals surface area (Å²) in [5.74, 6) is -0.0632. The van der Waals surface area contributed by atoms with Crippen molar-refractivity contribution in [1.82, 2.24) is 20.3 Å². The third-order valence-corrected chi connectivity index (χ3v) is 6.16. The molecule has 0 saturated carbocycles. The van der Waals surface area contributed by atoms with Crippen LogP contribution in [0.25, 0.3) is 11.0 Å². The quantitative estimate of drug-likeness (QED) is 0.377. The van der Waals surface area contributed by atoms with Crippen LogP contribution in [0.5, 0.6) is 0 Å². The van der Waals surface area contributed by atoms with Gasteiger partial charge in [-0.3, -0.25) is 4.79 Å². The van der Waals surface area contributed by atoms with Gasteiger partial charge >= 0.3 is 6.09 Å². The van der Waals surface area contributed by atoms with Gasteiger partial charge in [-0.05, 0) is 71.0 Å². The number of nitrogens with one attached hydrogen (secondary N) is 3. The average molecular weight is 530 g/mol. The normalized spacial score (nSPS) is 15.6. The van der Waals surface area contributed by atoms with Crippen molar-refractivity contribution in [1.29, 1.82) is 0 Å².